The Balaban J connectivity index is 2.43. The average molecular weight is 214 g/mol. The highest BCUT2D eigenvalue weighted by molar-refractivity contribution is 5.72. The fourth-order valence-electron chi connectivity index (χ4n) is 2.33. The molecular formula is C11H18O4. The maximum absolute atomic E-state index is 10.8. The van der Waals surface area contributed by atoms with Crippen molar-refractivity contribution in [1.29, 1.82) is 0 Å². The molecule has 1 aliphatic carbocycles. The lowest BCUT2D eigenvalue weighted by Gasteiger charge is -2.41. The Morgan fingerprint density at radius 1 is 1.40 bits per heavy atom. The normalized spacial score (nSPS) is 31.7. The minimum atomic E-state index is -0.761. The lowest BCUT2D eigenvalue weighted by atomic mass is 9.63. The van der Waals surface area contributed by atoms with Crippen molar-refractivity contribution in [2.75, 3.05) is 0 Å². The number of carboxylic acids is 2. The summed E-state index contributed by atoms with van der Waals surface area (Å²) in [6.07, 6.45) is 1.88. The van der Waals surface area contributed by atoms with Gasteiger partial charge in [0.15, 0.2) is 0 Å². The van der Waals surface area contributed by atoms with Gasteiger partial charge in [0, 0.05) is 0 Å². The van der Waals surface area contributed by atoms with Crippen molar-refractivity contribution >= 4 is 11.9 Å². The molecule has 0 aromatic rings. The Hall–Kier alpha value is -1.06. The van der Waals surface area contributed by atoms with Gasteiger partial charge in [-0.2, -0.15) is 0 Å². The van der Waals surface area contributed by atoms with Gasteiger partial charge < -0.3 is 10.2 Å². The number of hydrogen-bond donors (Lipinski definition) is 2. The Morgan fingerprint density at radius 3 is 2.33 bits per heavy atom. The Kier molecular flexibility index (Phi) is 3.72. The molecular weight excluding hydrogens is 196 g/mol. The highest BCUT2D eigenvalue weighted by Gasteiger charge is 2.43. The van der Waals surface area contributed by atoms with Crippen molar-refractivity contribution in [2.24, 2.45) is 23.7 Å². The number of carboxylic acid groups (broad SMARTS) is 2. The first-order chi connectivity index (χ1) is 6.97. The molecule has 1 aliphatic rings. The van der Waals surface area contributed by atoms with E-state index in [4.69, 9.17) is 10.2 Å². The van der Waals surface area contributed by atoms with Crippen molar-refractivity contribution < 1.29 is 19.8 Å². The molecule has 0 bridgehead atoms. The third-order valence-electron chi connectivity index (χ3n) is 3.68. The molecule has 4 heteroatoms. The molecule has 1 fully saturated rings. The zero-order chi connectivity index (χ0) is 11.6. The van der Waals surface area contributed by atoms with Gasteiger partial charge in [0.2, 0.25) is 0 Å². The van der Waals surface area contributed by atoms with Gasteiger partial charge in [0.25, 0.3) is 0 Å². The lowest BCUT2D eigenvalue weighted by molar-refractivity contribution is -0.152. The molecule has 0 amide bonds. The molecule has 1 saturated carbocycles. The summed E-state index contributed by atoms with van der Waals surface area (Å²) in [5.41, 5.74) is 0. The monoisotopic (exact) mass is 214 g/mol. The maximum atomic E-state index is 10.8. The van der Waals surface area contributed by atoms with E-state index in [2.05, 4.69) is 0 Å². The van der Waals surface area contributed by atoms with Gasteiger partial charge in [-0.25, -0.2) is 0 Å². The van der Waals surface area contributed by atoms with Crippen LogP contribution in [0.15, 0.2) is 0 Å². The predicted molar refractivity (Wildman–Crippen MR) is 54.4 cm³/mol. The number of hydrogen-bond acceptors (Lipinski definition) is 2. The van der Waals surface area contributed by atoms with Crippen LogP contribution >= 0.6 is 0 Å². The van der Waals surface area contributed by atoms with Gasteiger partial charge in [-0.15, -0.1) is 0 Å². The van der Waals surface area contributed by atoms with Gasteiger partial charge in [0.05, 0.1) is 11.8 Å². The van der Waals surface area contributed by atoms with Crippen LogP contribution in [0.2, 0.25) is 0 Å². The van der Waals surface area contributed by atoms with Gasteiger partial charge in [-0.05, 0) is 31.1 Å². The van der Waals surface area contributed by atoms with Crippen molar-refractivity contribution in [2.45, 2.75) is 33.1 Å². The van der Waals surface area contributed by atoms with Crippen molar-refractivity contribution in [3.63, 3.8) is 0 Å². The second-order valence-electron chi connectivity index (χ2n) is 4.48. The molecule has 4 unspecified atom stereocenters. The van der Waals surface area contributed by atoms with Crippen LogP contribution in [0.3, 0.4) is 0 Å². The van der Waals surface area contributed by atoms with E-state index in [9.17, 15) is 9.59 Å². The highest BCUT2D eigenvalue weighted by atomic mass is 16.4. The number of carbonyl (C=O) groups is 2. The smallest absolute Gasteiger partial charge is 0.306 e. The summed E-state index contributed by atoms with van der Waals surface area (Å²) in [5.74, 6) is -1.69. The fraction of sp³-hybridized carbons (Fsp3) is 0.818. The lowest BCUT2D eigenvalue weighted by Crippen LogP contribution is -2.41. The molecule has 0 aromatic carbocycles. The quantitative estimate of drug-likeness (QED) is 0.732. The van der Waals surface area contributed by atoms with Crippen molar-refractivity contribution in [3.05, 3.63) is 0 Å². The molecule has 1 rings (SSSR count). The van der Waals surface area contributed by atoms with E-state index in [0.717, 1.165) is 0 Å². The first-order valence-electron chi connectivity index (χ1n) is 5.43. The average Bonchev–Trinajstić information content (AvgIpc) is 2.15. The summed E-state index contributed by atoms with van der Waals surface area (Å²) >= 11 is 0. The topological polar surface area (TPSA) is 74.6 Å². The van der Waals surface area contributed by atoms with Gasteiger partial charge >= 0.3 is 11.9 Å². The Bertz CT molecular complexity index is 261. The predicted octanol–water partition coefficient (Wildman–Crippen LogP) is 1.84. The van der Waals surface area contributed by atoms with Gasteiger partial charge in [-0.3, -0.25) is 9.59 Å². The van der Waals surface area contributed by atoms with Crippen LogP contribution in [-0.4, -0.2) is 22.2 Å². The third kappa shape index (κ3) is 2.49. The molecule has 0 aliphatic heterocycles. The van der Waals surface area contributed by atoms with Crippen LogP contribution in [0, 0.1) is 23.7 Å². The summed E-state index contributed by atoms with van der Waals surface area (Å²) in [7, 11) is 0. The van der Waals surface area contributed by atoms with Crippen LogP contribution in [0.4, 0.5) is 0 Å². The van der Waals surface area contributed by atoms with Crippen LogP contribution in [0.1, 0.15) is 33.1 Å². The Labute approximate surface area is 89.3 Å². The molecule has 4 nitrogen and oxygen atoms in total. The van der Waals surface area contributed by atoms with Crippen molar-refractivity contribution in [1.82, 2.24) is 0 Å². The van der Waals surface area contributed by atoms with Crippen LogP contribution in [0.25, 0.3) is 0 Å². The summed E-state index contributed by atoms with van der Waals surface area (Å²) in [4.78, 5) is 21.5. The maximum Gasteiger partial charge on any atom is 0.306 e. The summed E-state index contributed by atoms with van der Waals surface area (Å²) in [6, 6.07) is 0. The van der Waals surface area contributed by atoms with E-state index in [1.54, 1.807) is 0 Å². The molecule has 2 N–H and O–H groups in total. The van der Waals surface area contributed by atoms with E-state index in [-0.39, 0.29) is 23.7 Å². The summed E-state index contributed by atoms with van der Waals surface area (Å²) < 4.78 is 0. The minimum absolute atomic E-state index is 0.121. The van der Waals surface area contributed by atoms with Gasteiger partial charge in [-0.1, -0.05) is 13.8 Å². The molecule has 0 saturated heterocycles. The number of rotatable bonds is 5. The first kappa shape index (κ1) is 12.0. The molecule has 0 radical (unpaired) electrons. The molecule has 0 spiro atoms. The van der Waals surface area contributed by atoms with E-state index < -0.39 is 11.9 Å². The first-order valence-corrected chi connectivity index (χ1v) is 5.43. The summed E-state index contributed by atoms with van der Waals surface area (Å²) in [5, 5.41) is 17.7. The molecule has 4 atom stereocenters. The molecule has 86 valence electrons. The molecule has 0 heterocycles. The van der Waals surface area contributed by atoms with Crippen molar-refractivity contribution in [3.8, 4) is 0 Å². The van der Waals surface area contributed by atoms with Crippen LogP contribution < -0.4 is 0 Å². The molecule has 15 heavy (non-hydrogen) atoms. The van der Waals surface area contributed by atoms with Crippen LogP contribution in [-0.2, 0) is 9.59 Å². The molecule has 0 aromatic heterocycles. The standard InChI is InChI=1S/C11H18O4/c1-3-7(10(12)13)4-8-5-9(6(8)2)11(14)15/h6-9H,3-5H2,1-2H3,(H,12,13)(H,14,15). The zero-order valence-corrected chi connectivity index (χ0v) is 9.14. The van der Waals surface area contributed by atoms with Crippen LogP contribution in [0.5, 0.6) is 0 Å². The van der Waals surface area contributed by atoms with E-state index >= 15 is 0 Å². The number of aliphatic carboxylic acids is 2. The second-order valence-corrected chi connectivity index (χ2v) is 4.48. The largest absolute Gasteiger partial charge is 0.481 e. The zero-order valence-electron chi connectivity index (χ0n) is 9.14. The second kappa shape index (κ2) is 4.64. The minimum Gasteiger partial charge on any atom is -0.481 e. The highest BCUT2D eigenvalue weighted by Crippen LogP contribution is 2.44. The SMILES string of the molecule is CCC(CC1CC(C(=O)O)C1C)C(=O)O. The van der Waals surface area contributed by atoms with E-state index in [1.807, 2.05) is 13.8 Å². The fourth-order valence-corrected chi connectivity index (χ4v) is 2.33. The third-order valence-corrected chi connectivity index (χ3v) is 3.68. The van der Waals surface area contributed by atoms with E-state index in [1.165, 1.54) is 0 Å². The Morgan fingerprint density at radius 2 is 2.00 bits per heavy atom. The van der Waals surface area contributed by atoms with E-state index in [0.29, 0.717) is 19.3 Å². The summed E-state index contributed by atoms with van der Waals surface area (Å²) in [6.45, 7) is 3.76. The van der Waals surface area contributed by atoms with Gasteiger partial charge in [0.1, 0.15) is 0 Å².